The van der Waals surface area contributed by atoms with Gasteiger partial charge < -0.3 is 25.0 Å². The topological polar surface area (TPSA) is 157 Å². The fraction of sp³-hybridized carbons (Fsp3) is 0.591. The van der Waals surface area contributed by atoms with Gasteiger partial charge in [-0.2, -0.15) is 0 Å². The average Bonchev–Trinajstić information content (AvgIpc) is 2.98. The first-order valence-electron chi connectivity index (χ1n) is 11.6. The lowest BCUT2D eigenvalue weighted by Gasteiger charge is -2.32. The molecule has 1 aromatic heterocycles. The Hall–Kier alpha value is -3.06. The lowest BCUT2D eigenvalue weighted by atomic mass is 9.93. The number of rotatable bonds is 5. The van der Waals surface area contributed by atoms with E-state index in [1.54, 1.807) is 13.1 Å². The van der Waals surface area contributed by atoms with Crippen LogP contribution >= 0.6 is 0 Å². The van der Waals surface area contributed by atoms with Crippen molar-refractivity contribution in [3.05, 3.63) is 18.3 Å². The number of aromatic nitrogens is 1. The minimum Gasteiger partial charge on any atom is -0.466 e. The summed E-state index contributed by atoms with van der Waals surface area (Å²) in [6.45, 7) is 4.16. The maximum atomic E-state index is 13.3. The Morgan fingerprint density at radius 2 is 2.00 bits per heavy atom. The lowest BCUT2D eigenvalue weighted by Crippen LogP contribution is -2.48. The van der Waals surface area contributed by atoms with Crippen LogP contribution in [0.2, 0.25) is 0 Å². The maximum Gasteiger partial charge on any atom is 0.306 e. The number of nitrogens with zero attached hydrogens (tertiary/aromatic N) is 5. The number of aliphatic imine (C=N–C) groups is 2. The summed E-state index contributed by atoms with van der Waals surface area (Å²) in [6.07, 6.45) is 3.75. The van der Waals surface area contributed by atoms with Crippen molar-refractivity contribution >= 4 is 44.2 Å². The molecule has 4 heterocycles. The molecule has 3 aliphatic rings. The summed E-state index contributed by atoms with van der Waals surface area (Å²) in [7, 11) is -3.69. The van der Waals surface area contributed by atoms with Crippen LogP contribution in [-0.4, -0.2) is 81.6 Å². The van der Waals surface area contributed by atoms with Crippen LogP contribution in [0.3, 0.4) is 0 Å². The van der Waals surface area contributed by atoms with Crippen LogP contribution < -0.4 is 15.5 Å². The van der Waals surface area contributed by atoms with Crippen molar-refractivity contribution < 1.29 is 27.5 Å². The van der Waals surface area contributed by atoms with Crippen molar-refractivity contribution in [3.8, 4) is 0 Å². The Labute approximate surface area is 204 Å². The number of ether oxygens (including phenoxy) is 2. The number of anilines is 2. The molecule has 0 aromatic carbocycles. The predicted molar refractivity (Wildman–Crippen MR) is 130 cm³/mol. The van der Waals surface area contributed by atoms with E-state index in [1.165, 1.54) is 4.90 Å². The molecule has 0 saturated carbocycles. The largest absolute Gasteiger partial charge is 0.466 e. The van der Waals surface area contributed by atoms with Gasteiger partial charge in [-0.3, -0.25) is 9.59 Å². The standard InChI is InChI=1S/C22H30N6O6S/c1-3-33-17(29)12-14-6-8-27(9-7-14)16-5-4-15(13-24-16)28-10-11-34-20-18(21(28)30)19(23)25-22(26-20)35(2,31)32/h4-5,13-14,18,20H,3,6-12H2,1-2H3,(H2,23,25,26). The molecule has 2 unspecified atom stereocenters. The van der Waals surface area contributed by atoms with Gasteiger partial charge >= 0.3 is 5.97 Å². The Morgan fingerprint density at radius 3 is 2.63 bits per heavy atom. The van der Waals surface area contributed by atoms with E-state index >= 15 is 0 Å². The van der Waals surface area contributed by atoms with Crippen LogP contribution in [0.5, 0.6) is 0 Å². The molecule has 2 atom stereocenters. The van der Waals surface area contributed by atoms with E-state index in [0.29, 0.717) is 24.6 Å². The van der Waals surface area contributed by atoms with Crippen LogP contribution in [0.15, 0.2) is 28.3 Å². The molecule has 0 bridgehead atoms. The van der Waals surface area contributed by atoms with E-state index in [-0.39, 0.29) is 30.9 Å². The summed E-state index contributed by atoms with van der Waals surface area (Å²) >= 11 is 0. The summed E-state index contributed by atoms with van der Waals surface area (Å²) < 4.78 is 34.4. The molecular weight excluding hydrogens is 476 g/mol. The first-order chi connectivity index (χ1) is 16.7. The maximum absolute atomic E-state index is 13.3. The summed E-state index contributed by atoms with van der Waals surface area (Å²) in [5.41, 5.74) is 6.56. The van der Waals surface area contributed by atoms with Crippen LogP contribution in [0.4, 0.5) is 11.5 Å². The van der Waals surface area contributed by atoms with Gasteiger partial charge in [0.1, 0.15) is 17.6 Å². The molecule has 0 spiro atoms. The normalized spacial score (nSPS) is 23.8. The van der Waals surface area contributed by atoms with Gasteiger partial charge in [0.15, 0.2) is 6.23 Å². The fourth-order valence-electron chi connectivity index (χ4n) is 4.44. The van der Waals surface area contributed by atoms with Gasteiger partial charge in [0.05, 0.1) is 25.1 Å². The highest BCUT2D eigenvalue weighted by atomic mass is 32.2. The van der Waals surface area contributed by atoms with E-state index < -0.39 is 27.2 Å². The van der Waals surface area contributed by atoms with Crippen LogP contribution in [0.1, 0.15) is 26.2 Å². The molecule has 35 heavy (non-hydrogen) atoms. The van der Waals surface area contributed by atoms with Crippen molar-refractivity contribution in [3.63, 3.8) is 0 Å². The molecule has 1 amide bonds. The molecule has 1 aromatic rings. The fourth-order valence-corrected chi connectivity index (χ4v) is 5.01. The Morgan fingerprint density at radius 1 is 1.26 bits per heavy atom. The molecule has 190 valence electrons. The zero-order valence-electron chi connectivity index (χ0n) is 19.8. The third-order valence-corrected chi connectivity index (χ3v) is 7.14. The quantitative estimate of drug-likeness (QED) is 0.556. The zero-order chi connectivity index (χ0) is 25.2. The molecule has 0 aliphatic carbocycles. The molecule has 2 saturated heterocycles. The highest BCUT2D eigenvalue weighted by Crippen LogP contribution is 2.28. The van der Waals surface area contributed by atoms with Crippen molar-refractivity contribution in [2.45, 2.75) is 32.4 Å². The third kappa shape index (κ3) is 5.61. The summed E-state index contributed by atoms with van der Waals surface area (Å²) in [6, 6.07) is 3.67. The Bertz CT molecular complexity index is 1130. The number of piperidine rings is 1. The molecule has 4 rings (SSSR count). The number of hydrogen-bond acceptors (Lipinski definition) is 11. The van der Waals surface area contributed by atoms with Gasteiger partial charge in [0.25, 0.3) is 0 Å². The van der Waals surface area contributed by atoms with Crippen molar-refractivity contribution in [2.75, 3.05) is 48.9 Å². The number of esters is 1. The molecular formula is C22H30N6O6S. The van der Waals surface area contributed by atoms with Crippen molar-refractivity contribution in [2.24, 2.45) is 27.6 Å². The second-order valence-corrected chi connectivity index (χ2v) is 10.7. The van der Waals surface area contributed by atoms with Crippen LogP contribution in [-0.2, 0) is 28.9 Å². The minimum atomic E-state index is -3.69. The number of nitrogens with two attached hydrogens (primary N) is 1. The summed E-state index contributed by atoms with van der Waals surface area (Å²) in [4.78, 5) is 41.1. The van der Waals surface area contributed by atoms with Gasteiger partial charge in [-0.25, -0.2) is 23.4 Å². The average molecular weight is 507 g/mol. The van der Waals surface area contributed by atoms with Crippen molar-refractivity contribution in [1.29, 1.82) is 0 Å². The second kappa shape index (κ2) is 10.3. The summed E-state index contributed by atoms with van der Waals surface area (Å²) in [5.74, 6) is -0.580. The minimum absolute atomic E-state index is 0.141. The molecule has 0 radical (unpaired) electrons. The number of carbonyl (C=O) groups excluding carboxylic acids is 2. The van der Waals surface area contributed by atoms with E-state index in [1.807, 2.05) is 12.1 Å². The van der Waals surface area contributed by atoms with Crippen molar-refractivity contribution in [1.82, 2.24) is 4.98 Å². The van der Waals surface area contributed by atoms with E-state index in [2.05, 4.69) is 19.9 Å². The Balaban J connectivity index is 1.42. The smallest absolute Gasteiger partial charge is 0.306 e. The highest BCUT2D eigenvalue weighted by Gasteiger charge is 2.42. The number of amides is 1. The number of hydrogen-bond donors (Lipinski definition) is 1. The van der Waals surface area contributed by atoms with Crippen LogP contribution in [0.25, 0.3) is 0 Å². The predicted octanol–water partition coefficient (Wildman–Crippen LogP) is 0.328. The van der Waals surface area contributed by atoms with Gasteiger partial charge in [-0.05, 0) is 37.8 Å². The molecule has 13 heteroatoms. The third-order valence-electron chi connectivity index (χ3n) is 6.28. The molecule has 12 nitrogen and oxygen atoms in total. The lowest BCUT2D eigenvalue weighted by molar-refractivity contribution is -0.144. The number of carbonyl (C=O) groups is 2. The van der Waals surface area contributed by atoms with Gasteiger partial charge in [-0.1, -0.05) is 0 Å². The highest BCUT2D eigenvalue weighted by molar-refractivity contribution is 8.05. The first kappa shape index (κ1) is 25.0. The molecule has 2 N–H and O–H groups in total. The monoisotopic (exact) mass is 506 g/mol. The zero-order valence-corrected chi connectivity index (χ0v) is 20.6. The van der Waals surface area contributed by atoms with E-state index in [0.717, 1.165) is 38.0 Å². The SMILES string of the molecule is CCOC(=O)CC1CCN(c2ccc(N3CCOC4N=C(S(C)(=O)=O)N=C(N)C4C3=O)cn2)CC1. The second-order valence-electron chi connectivity index (χ2n) is 8.76. The van der Waals surface area contributed by atoms with E-state index in [9.17, 15) is 18.0 Å². The number of sulfone groups is 1. The van der Waals surface area contributed by atoms with Crippen LogP contribution in [0, 0.1) is 11.8 Å². The number of amidine groups is 2. The summed E-state index contributed by atoms with van der Waals surface area (Å²) in [5, 5.41) is -0.436. The van der Waals surface area contributed by atoms with Gasteiger partial charge in [0, 0.05) is 32.3 Å². The molecule has 2 fully saturated rings. The molecule has 3 aliphatic heterocycles. The van der Waals surface area contributed by atoms with E-state index in [4.69, 9.17) is 15.2 Å². The Kier molecular flexibility index (Phi) is 7.36. The number of pyridine rings is 1. The van der Waals surface area contributed by atoms with Gasteiger partial charge in [0.2, 0.25) is 20.9 Å². The van der Waals surface area contributed by atoms with Gasteiger partial charge in [-0.15, -0.1) is 0 Å². The number of fused-ring (bicyclic) bond motifs is 1. The first-order valence-corrected chi connectivity index (χ1v) is 13.5.